The number of alkyl halides is 3. The van der Waals surface area contributed by atoms with E-state index in [-0.39, 0.29) is 17.7 Å². The van der Waals surface area contributed by atoms with Gasteiger partial charge in [0.25, 0.3) is 0 Å². The molecule has 0 saturated carbocycles. The van der Waals surface area contributed by atoms with Gasteiger partial charge in [-0.25, -0.2) is 0 Å². The summed E-state index contributed by atoms with van der Waals surface area (Å²) in [6.07, 6.45) is -2.11. The molecule has 0 radical (unpaired) electrons. The van der Waals surface area contributed by atoms with Crippen LogP contribution in [0.5, 0.6) is 17.2 Å². The summed E-state index contributed by atoms with van der Waals surface area (Å²) >= 11 is 0. The minimum Gasteiger partial charge on any atom is -0.496 e. The molecule has 0 aliphatic carbocycles. The van der Waals surface area contributed by atoms with Gasteiger partial charge in [-0.15, -0.1) is 13.2 Å². The highest BCUT2D eigenvalue weighted by molar-refractivity contribution is 5.77. The van der Waals surface area contributed by atoms with Crippen LogP contribution in [-0.2, 0) is 17.8 Å². The first-order valence-electron chi connectivity index (χ1n) is 9.64. The van der Waals surface area contributed by atoms with E-state index in [2.05, 4.69) is 4.74 Å². The van der Waals surface area contributed by atoms with Gasteiger partial charge in [0.1, 0.15) is 17.2 Å². The van der Waals surface area contributed by atoms with Crippen molar-refractivity contribution in [2.24, 2.45) is 0 Å². The van der Waals surface area contributed by atoms with Gasteiger partial charge in [0, 0.05) is 31.0 Å². The van der Waals surface area contributed by atoms with E-state index in [1.807, 2.05) is 18.2 Å². The van der Waals surface area contributed by atoms with Crippen LogP contribution >= 0.6 is 0 Å². The van der Waals surface area contributed by atoms with Crippen molar-refractivity contribution in [3.05, 3.63) is 53.6 Å². The molecule has 3 rings (SSSR count). The van der Waals surface area contributed by atoms with Gasteiger partial charge in [0.15, 0.2) is 0 Å². The standard InChI is InChI=1S/C22H24F3NO4/c1-28-19-6-4-7-20(29-2)18(19)13-16-5-3-8-21(27)26(16)14-15-9-11-17(12-10-15)30-22(23,24)25/h4,6-7,9-12,16H,3,5,8,13-14H2,1-2H3. The van der Waals surface area contributed by atoms with Crippen LogP contribution in [0.15, 0.2) is 42.5 Å². The summed E-state index contributed by atoms with van der Waals surface area (Å²) in [6.45, 7) is 0.313. The number of piperidine rings is 1. The van der Waals surface area contributed by atoms with Crippen molar-refractivity contribution in [3.8, 4) is 17.2 Å². The fourth-order valence-corrected chi connectivity index (χ4v) is 3.78. The first-order chi connectivity index (χ1) is 14.3. The van der Waals surface area contributed by atoms with Crippen LogP contribution in [0.25, 0.3) is 0 Å². The molecule has 1 saturated heterocycles. The van der Waals surface area contributed by atoms with Gasteiger partial charge in [-0.05, 0) is 42.7 Å². The van der Waals surface area contributed by atoms with E-state index in [0.29, 0.717) is 30.9 Å². The minimum absolute atomic E-state index is 0.0238. The van der Waals surface area contributed by atoms with Crippen molar-refractivity contribution in [1.29, 1.82) is 0 Å². The highest BCUT2D eigenvalue weighted by Gasteiger charge is 2.32. The Balaban J connectivity index is 1.78. The Morgan fingerprint density at radius 1 is 1.03 bits per heavy atom. The Hall–Kier alpha value is -2.90. The number of rotatable bonds is 7. The highest BCUT2D eigenvalue weighted by Crippen LogP contribution is 2.33. The van der Waals surface area contributed by atoms with Crippen molar-refractivity contribution in [2.75, 3.05) is 14.2 Å². The summed E-state index contributed by atoms with van der Waals surface area (Å²) in [4.78, 5) is 14.4. The molecule has 1 unspecified atom stereocenters. The molecule has 2 aromatic rings. The Bertz CT molecular complexity index is 845. The SMILES string of the molecule is COc1cccc(OC)c1CC1CCCC(=O)N1Cc1ccc(OC(F)(F)F)cc1. The fourth-order valence-electron chi connectivity index (χ4n) is 3.78. The molecule has 1 fully saturated rings. The summed E-state index contributed by atoms with van der Waals surface area (Å²) in [7, 11) is 3.18. The maximum atomic E-state index is 12.7. The van der Waals surface area contributed by atoms with Gasteiger partial charge >= 0.3 is 6.36 Å². The fraction of sp³-hybridized carbons (Fsp3) is 0.409. The minimum atomic E-state index is -4.73. The maximum Gasteiger partial charge on any atom is 0.573 e. The van der Waals surface area contributed by atoms with E-state index in [4.69, 9.17) is 9.47 Å². The Kier molecular flexibility index (Phi) is 6.74. The van der Waals surface area contributed by atoms with Crippen LogP contribution in [0.1, 0.15) is 30.4 Å². The van der Waals surface area contributed by atoms with E-state index in [0.717, 1.165) is 24.0 Å². The number of halogens is 3. The Labute approximate surface area is 173 Å². The zero-order valence-corrected chi connectivity index (χ0v) is 16.9. The highest BCUT2D eigenvalue weighted by atomic mass is 19.4. The zero-order chi connectivity index (χ0) is 21.7. The number of likely N-dealkylation sites (tertiary alicyclic amines) is 1. The van der Waals surface area contributed by atoms with Crippen LogP contribution in [0.3, 0.4) is 0 Å². The van der Waals surface area contributed by atoms with E-state index < -0.39 is 6.36 Å². The van der Waals surface area contributed by atoms with Crippen LogP contribution in [-0.4, -0.2) is 37.4 Å². The van der Waals surface area contributed by atoms with Crippen molar-refractivity contribution in [1.82, 2.24) is 4.90 Å². The summed E-state index contributed by atoms with van der Waals surface area (Å²) in [5.74, 6) is 1.13. The molecule has 1 amide bonds. The number of hydrogen-bond acceptors (Lipinski definition) is 4. The average Bonchev–Trinajstić information content (AvgIpc) is 2.71. The predicted molar refractivity (Wildman–Crippen MR) is 105 cm³/mol. The number of methoxy groups -OCH3 is 2. The van der Waals surface area contributed by atoms with Crippen LogP contribution in [0.2, 0.25) is 0 Å². The third-order valence-corrected chi connectivity index (χ3v) is 5.17. The second kappa shape index (κ2) is 9.28. The first kappa shape index (κ1) is 21.8. The lowest BCUT2D eigenvalue weighted by Crippen LogP contribution is -2.44. The Morgan fingerprint density at radius 2 is 1.67 bits per heavy atom. The monoisotopic (exact) mass is 423 g/mol. The van der Waals surface area contributed by atoms with Gasteiger partial charge in [0.2, 0.25) is 5.91 Å². The average molecular weight is 423 g/mol. The molecule has 30 heavy (non-hydrogen) atoms. The predicted octanol–water partition coefficient (Wildman–Crippen LogP) is 4.73. The van der Waals surface area contributed by atoms with Crippen LogP contribution < -0.4 is 14.2 Å². The number of carbonyl (C=O) groups excluding carboxylic acids is 1. The summed E-state index contributed by atoms with van der Waals surface area (Å²) in [6, 6.07) is 11.1. The summed E-state index contributed by atoms with van der Waals surface area (Å²) < 4.78 is 51.9. The second-order valence-corrected chi connectivity index (χ2v) is 7.10. The molecular weight excluding hydrogens is 399 g/mol. The van der Waals surface area contributed by atoms with Crippen molar-refractivity contribution < 1.29 is 32.2 Å². The first-order valence-corrected chi connectivity index (χ1v) is 9.64. The number of hydrogen-bond donors (Lipinski definition) is 0. The molecule has 0 aromatic heterocycles. The molecule has 1 aliphatic rings. The number of nitrogens with zero attached hydrogens (tertiary/aromatic N) is 1. The van der Waals surface area contributed by atoms with Crippen LogP contribution in [0, 0.1) is 0 Å². The van der Waals surface area contributed by atoms with E-state index in [1.54, 1.807) is 31.3 Å². The normalized spacial score (nSPS) is 17.0. The molecule has 2 aromatic carbocycles. The molecule has 162 valence electrons. The third kappa shape index (κ3) is 5.37. The zero-order valence-electron chi connectivity index (χ0n) is 16.9. The quantitative estimate of drug-likeness (QED) is 0.646. The van der Waals surface area contributed by atoms with Crippen molar-refractivity contribution >= 4 is 5.91 Å². The van der Waals surface area contributed by atoms with Crippen molar-refractivity contribution in [2.45, 2.75) is 44.6 Å². The van der Waals surface area contributed by atoms with Gasteiger partial charge < -0.3 is 19.1 Å². The van der Waals surface area contributed by atoms with Crippen molar-refractivity contribution in [3.63, 3.8) is 0 Å². The van der Waals surface area contributed by atoms with Gasteiger partial charge in [-0.3, -0.25) is 4.79 Å². The van der Waals surface area contributed by atoms with E-state index >= 15 is 0 Å². The summed E-state index contributed by atoms with van der Waals surface area (Å²) in [5, 5.41) is 0. The van der Waals surface area contributed by atoms with E-state index in [9.17, 15) is 18.0 Å². The molecule has 1 heterocycles. The third-order valence-electron chi connectivity index (χ3n) is 5.17. The lowest BCUT2D eigenvalue weighted by molar-refractivity contribution is -0.274. The molecule has 1 atom stereocenters. The molecule has 5 nitrogen and oxygen atoms in total. The summed E-state index contributed by atoms with van der Waals surface area (Å²) in [5.41, 5.74) is 1.62. The lowest BCUT2D eigenvalue weighted by atomic mass is 9.93. The van der Waals surface area contributed by atoms with Gasteiger partial charge in [-0.1, -0.05) is 18.2 Å². The molecule has 0 spiro atoms. The van der Waals surface area contributed by atoms with Gasteiger partial charge in [0.05, 0.1) is 14.2 Å². The second-order valence-electron chi connectivity index (χ2n) is 7.10. The van der Waals surface area contributed by atoms with Crippen LogP contribution in [0.4, 0.5) is 13.2 Å². The smallest absolute Gasteiger partial charge is 0.496 e. The van der Waals surface area contributed by atoms with E-state index in [1.165, 1.54) is 12.1 Å². The molecule has 0 N–H and O–H groups in total. The largest absolute Gasteiger partial charge is 0.573 e. The van der Waals surface area contributed by atoms with Gasteiger partial charge in [-0.2, -0.15) is 0 Å². The number of carbonyl (C=O) groups is 1. The Morgan fingerprint density at radius 3 is 2.23 bits per heavy atom. The number of benzene rings is 2. The molecule has 8 heteroatoms. The number of amides is 1. The molecule has 1 aliphatic heterocycles. The molecular formula is C22H24F3NO4. The topological polar surface area (TPSA) is 48.0 Å². The molecule has 0 bridgehead atoms. The number of ether oxygens (including phenoxy) is 3. The maximum absolute atomic E-state index is 12.7. The lowest BCUT2D eigenvalue weighted by Gasteiger charge is -2.36.